The Bertz CT molecular complexity index is 440. The minimum absolute atomic E-state index is 0.114. The van der Waals surface area contributed by atoms with Crippen LogP contribution in [-0.2, 0) is 14.3 Å². The van der Waals surface area contributed by atoms with E-state index in [0.29, 0.717) is 6.61 Å². The summed E-state index contributed by atoms with van der Waals surface area (Å²) in [6.45, 7) is 1.91. The van der Waals surface area contributed by atoms with Crippen LogP contribution >= 0.6 is 15.9 Å². The van der Waals surface area contributed by atoms with Crippen LogP contribution in [0.15, 0.2) is 34.8 Å². The molecule has 4 nitrogen and oxygen atoms in total. The highest BCUT2D eigenvalue weighted by atomic mass is 79.9. The molecule has 0 aliphatic rings. The molecule has 0 saturated carbocycles. The van der Waals surface area contributed by atoms with E-state index in [2.05, 4.69) is 26.0 Å². The molecule has 0 bridgehead atoms. The molecule has 18 heavy (non-hydrogen) atoms. The molecule has 96 valence electrons. The third-order valence-corrected chi connectivity index (χ3v) is 2.54. The number of benzene rings is 1. The van der Waals surface area contributed by atoms with Crippen molar-refractivity contribution in [3.63, 3.8) is 0 Å². The maximum Gasteiger partial charge on any atom is 0.325 e. The Morgan fingerprint density at radius 1 is 1.33 bits per heavy atom. The van der Waals surface area contributed by atoms with Crippen LogP contribution in [0.4, 0.5) is 0 Å². The quantitative estimate of drug-likeness (QED) is 0.669. The van der Waals surface area contributed by atoms with E-state index in [1.165, 1.54) is 6.08 Å². The Balaban J connectivity index is 2.40. The summed E-state index contributed by atoms with van der Waals surface area (Å²) in [5, 5.41) is 2.44. The van der Waals surface area contributed by atoms with Crippen molar-refractivity contribution in [3.05, 3.63) is 40.4 Å². The van der Waals surface area contributed by atoms with Gasteiger partial charge in [-0.1, -0.05) is 28.1 Å². The molecule has 1 amide bonds. The highest BCUT2D eigenvalue weighted by molar-refractivity contribution is 9.10. The van der Waals surface area contributed by atoms with Gasteiger partial charge in [-0.3, -0.25) is 9.59 Å². The molecule has 0 aliphatic heterocycles. The Labute approximate surface area is 114 Å². The molecule has 1 aromatic rings. The Morgan fingerprint density at radius 2 is 2.00 bits per heavy atom. The number of rotatable bonds is 5. The second kappa shape index (κ2) is 7.66. The van der Waals surface area contributed by atoms with Gasteiger partial charge in [0, 0.05) is 10.5 Å². The fourth-order valence-electron chi connectivity index (χ4n) is 1.18. The van der Waals surface area contributed by atoms with Gasteiger partial charge in [0.15, 0.2) is 0 Å². The van der Waals surface area contributed by atoms with Crippen molar-refractivity contribution in [3.8, 4) is 0 Å². The number of amides is 1. The van der Waals surface area contributed by atoms with Crippen molar-refractivity contribution in [2.75, 3.05) is 13.2 Å². The van der Waals surface area contributed by atoms with Crippen LogP contribution in [0.25, 0.3) is 6.08 Å². The van der Waals surface area contributed by atoms with Gasteiger partial charge in [-0.2, -0.15) is 0 Å². The van der Waals surface area contributed by atoms with Gasteiger partial charge in [-0.15, -0.1) is 0 Å². The molecule has 5 heteroatoms. The van der Waals surface area contributed by atoms with Crippen LogP contribution in [0.3, 0.4) is 0 Å². The summed E-state index contributed by atoms with van der Waals surface area (Å²) in [4.78, 5) is 22.4. The van der Waals surface area contributed by atoms with Crippen molar-refractivity contribution in [2.45, 2.75) is 6.92 Å². The Kier molecular flexibility index (Phi) is 6.14. The molecule has 0 spiro atoms. The van der Waals surface area contributed by atoms with E-state index in [1.54, 1.807) is 13.0 Å². The summed E-state index contributed by atoms with van der Waals surface area (Å²) in [6.07, 6.45) is 3.05. The van der Waals surface area contributed by atoms with E-state index < -0.39 is 5.97 Å². The van der Waals surface area contributed by atoms with Crippen LogP contribution in [0.5, 0.6) is 0 Å². The summed E-state index contributed by atoms with van der Waals surface area (Å²) in [5.74, 6) is -0.770. The number of ether oxygens (including phenoxy) is 1. The van der Waals surface area contributed by atoms with Crippen LogP contribution in [0.1, 0.15) is 12.5 Å². The third kappa shape index (κ3) is 5.63. The normalized spacial score (nSPS) is 10.3. The molecular formula is C13H14BrNO3. The number of hydrogen-bond acceptors (Lipinski definition) is 3. The van der Waals surface area contributed by atoms with E-state index in [9.17, 15) is 9.59 Å². The second-order valence-corrected chi connectivity index (χ2v) is 4.32. The predicted octanol–water partition coefficient (Wildman–Crippen LogP) is 2.14. The first-order chi connectivity index (χ1) is 8.61. The molecule has 0 aliphatic carbocycles. The standard InChI is InChI=1S/C13H14BrNO3/c1-2-18-13(17)9-15-12(16)8-5-10-3-6-11(14)7-4-10/h3-8H,2,9H2,1H3,(H,15,16)/b8-5+. The van der Waals surface area contributed by atoms with Crippen molar-refractivity contribution in [1.29, 1.82) is 0 Å². The topological polar surface area (TPSA) is 55.4 Å². The van der Waals surface area contributed by atoms with Gasteiger partial charge in [0.05, 0.1) is 6.61 Å². The number of carbonyl (C=O) groups excluding carboxylic acids is 2. The zero-order valence-corrected chi connectivity index (χ0v) is 11.6. The third-order valence-electron chi connectivity index (χ3n) is 2.01. The molecule has 0 unspecified atom stereocenters. The van der Waals surface area contributed by atoms with Crippen molar-refractivity contribution < 1.29 is 14.3 Å². The van der Waals surface area contributed by atoms with Gasteiger partial charge < -0.3 is 10.1 Å². The number of nitrogens with one attached hydrogen (secondary N) is 1. The summed E-state index contributed by atoms with van der Waals surface area (Å²) >= 11 is 3.33. The average molecular weight is 312 g/mol. The van der Waals surface area contributed by atoms with Crippen molar-refractivity contribution >= 4 is 33.9 Å². The van der Waals surface area contributed by atoms with E-state index in [1.807, 2.05) is 24.3 Å². The van der Waals surface area contributed by atoms with Gasteiger partial charge in [-0.25, -0.2) is 0 Å². The molecule has 0 fully saturated rings. The van der Waals surface area contributed by atoms with Crippen LogP contribution in [-0.4, -0.2) is 25.0 Å². The monoisotopic (exact) mass is 311 g/mol. The first-order valence-corrected chi connectivity index (χ1v) is 6.28. The van der Waals surface area contributed by atoms with Gasteiger partial charge in [0.25, 0.3) is 0 Å². The largest absolute Gasteiger partial charge is 0.465 e. The molecule has 0 saturated heterocycles. The first kappa shape index (κ1) is 14.4. The highest BCUT2D eigenvalue weighted by Gasteiger charge is 2.02. The number of hydrogen-bond donors (Lipinski definition) is 1. The van der Waals surface area contributed by atoms with E-state index in [0.717, 1.165) is 10.0 Å². The molecule has 1 N–H and O–H groups in total. The van der Waals surface area contributed by atoms with E-state index >= 15 is 0 Å². The Hall–Kier alpha value is -1.62. The zero-order valence-electron chi connectivity index (χ0n) is 9.98. The SMILES string of the molecule is CCOC(=O)CNC(=O)/C=C/c1ccc(Br)cc1. The minimum atomic E-state index is -0.442. The van der Waals surface area contributed by atoms with Gasteiger partial charge in [-0.05, 0) is 30.7 Å². The number of esters is 1. The summed E-state index contributed by atoms with van der Waals surface area (Å²) in [5.41, 5.74) is 0.907. The molecule has 0 atom stereocenters. The molecule has 0 radical (unpaired) electrons. The lowest BCUT2D eigenvalue weighted by Crippen LogP contribution is -2.29. The smallest absolute Gasteiger partial charge is 0.325 e. The summed E-state index contributed by atoms with van der Waals surface area (Å²) in [7, 11) is 0. The fraction of sp³-hybridized carbons (Fsp3) is 0.231. The number of carbonyl (C=O) groups is 2. The zero-order chi connectivity index (χ0) is 13.4. The molecule has 1 rings (SSSR count). The van der Waals surface area contributed by atoms with Gasteiger partial charge in [0.1, 0.15) is 6.54 Å². The van der Waals surface area contributed by atoms with Crippen molar-refractivity contribution in [1.82, 2.24) is 5.32 Å². The Morgan fingerprint density at radius 3 is 2.61 bits per heavy atom. The summed E-state index contributed by atoms with van der Waals surface area (Å²) < 4.78 is 5.66. The lowest BCUT2D eigenvalue weighted by Gasteiger charge is -2.01. The van der Waals surface area contributed by atoms with Crippen molar-refractivity contribution in [2.24, 2.45) is 0 Å². The number of halogens is 1. The van der Waals surface area contributed by atoms with E-state index in [4.69, 9.17) is 0 Å². The molecule has 0 aromatic heterocycles. The fourth-order valence-corrected chi connectivity index (χ4v) is 1.44. The van der Waals surface area contributed by atoms with Gasteiger partial charge in [0.2, 0.25) is 5.91 Å². The van der Waals surface area contributed by atoms with Crippen LogP contribution < -0.4 is 5.32 Å². The highest BCUT2D eigenvalue weighted by Crippen LogP contribution is 2.11. The van der Waals surface area contributed by atoms with Gasteiger partial charge >= 0.3 is 5.97 Å². The maximum atomic E-state index is 11.4. The van der Waals surface area contributed by atoms with E-state index in [-0.39, 0.29) is 12.5 Å². The lowest BCUT2D eigenvalue weighted by molar-refractivity contribution is -0.143. The molecule has 0 heterocycles. The summed E-state index contributed by atoms with van der Waals surface area (Å²) in [6, 6.07) is 7.52. The lowest BCUT2D eigenvalue weighted by atomic mass is 10.2. The van der Waals surface area contributed by atoms with Crippen LogP contribution in [0, 0.1) is 0 Å². The predicted molar refractivity (Wildman–Crippen MR) is 72.8 cm³/mol. The second-order valence-electron chi connectivity index (χ2n) is 3.41. The molecular weight excluding hydrogens is 298 g/mol. The van der Waals surface area contributed by atoms with Crippen LogP contribution in [0.2, 0.25) is 0 Å². The first-order valence-electron chi connectivity index (χ1n) is 5.49. The molecule has 1 aromatic carbocycles. The minimum Gasteiger partial charge on any atom is -0.465 e. The average Bonchev–Trinajstić information content (AvgIpc) is 2.36. The maximum absolute atomic E-state index is 11.4.